The van der Waals surface area contributed by atoms with Gasteiger partial charge in [-0.15, -0.1) is 0 Å². The first-order valence-electron chi connectivity index (χ1n) is 14.1. The van der Waals surface area contributed by atoms with Crippen LogP contribution in [0.5, 0.6) is 0 Å². The Hall–Kier alpha value is -0.840. The Balaban J connectivity index is 1.40. The van der Waals surface area contributed by atoms with E-state index in [1.807, 2.05) is 0 Å². The number of aliphatic hydroxyl groups excluding tert-OH is 14. The minimum Gasteiger partial charge on any atom is -0.394 e. The van der Waals surface area contributed by atoms with E-state index in [0.717, 1.165) is 0 Å². The molecule has 14 N–H and O–H groups in total. The van der Waals surface area contributed by atoms with Crippen molar-refractivity contribution in [3.63, 3.8) is 0 Å². The Bertz CT molecular complexity index is 929. The Morgan fingerprint density at radius 2 is 0.844 bits per heavy atom. The summed E-state index contributed by atoms with van der Waals surface area (Å²) in [6.45, 7) is -4.07. The summed E-state index contributed by atoms with van der Waals surface area (Å²) in [6, 6.07) is 0. The van der Waals surface area contributed by atoms with Crippen LogP contribution in [0.25, 0.3) is 0 Å². The van der Waals surface area contributed by atoms with Gasteiger partial charge in [0.1, 0.15) is 98.2 Å². The summed E-state index contributed by atoms with van der Waals surface area (Å²) in [7, 11) is 0. The van der Waals surface area contributed by atoms with Crippen LogP contribution in [0.4, 0.5) is 0 Å². The van der Waals surface area contributed by atoms with E-state index in [1.165, 1.54) is 0 Å². The average molecular weight is 667 g/mol. The van der Waals surface area contributed by atoms with E-state index < -0.39 is 149 Å². The molecule has 4 aliphatic rings. The third-order valence-electron chi connectivity index (χ3n) is 8.26. The highest BCUT2D eigenvalue weighted by molar-refractivity contribution is 4.99. The Morgan fingerprint density at radius 1 is 0.444 bits per heavy atom. The number of aliphatic hydroxyl groups is 14. The fraction of sp³-hybridized carbons (Fsp3) is 1.00. The molecule has 4 heterocycles. The molecule has 0 aromatic heterocycles. The zero-order valence-electron chi connectivity index (χ0n) is 23.5. The highest BCUT2D eigenvalue weighted by Crippen LogP contribution is 2.37. The second kappa shape index (κ2) is 15.1. The molecule has 4 aliphatic heterocycles. The van der Waals surface area contributed by atoms with Crippen molar-refractivity contribution in [1.82, 2.24) is 0 Å². The first-order valence-corrected chi connectivity index (χ1v) is 14.1. The summed E-state index contributed by atoms with van der Waals surface area (Å²) in [4.78, 5) is 0. The lowest BCUT2D eigenvalue weighted by molar-refractivity contribution is -0.389. The first kappa shape index (κ1) is 37.0. The van der Waals surface area contributed by atoms with Crippen LogP contribution < -0.4 is 0 Å². The van der Waals surface area contributed by atoms with Gasteiger partial charge in [-0.25, -0.2) is 0 Å². The van der Waals surface area contributed by atoms with Gasteiger partial charge in [0.15, 0.2) is 18.9 Å². The Morgan fingerprint density at radius 3 is 1.29 bits per heavy atom. The standard InChI is InChI=1S/C24H42O21/c25-1-6-10(28)14(32)17(35)21(41-6)39-3-8-12(30)16(34)19(37)23(43-8)45-24(5-27)20(38)13(31)9(44-24)4-40-22-18(36)15(33)11(29)7(2-26)42-22/h6-23,25-38H,1-5H2. The number of ether oxygens (including phenoxy) is 7. The molecule has 0 aromatic carbocycles. The third kappa shape index (κ3) is 7.29. The van der Waals surface area contributed by atoms with Gasteiger partial charge in [0.05, 0.1) is 26.4 Å². The second-order valence-electron chi connectivity index (χ2n) is 11.3. The normalized spacial score (nSPS) is 52.7. The van der Waals surface area contributed by atoms with Crippen LogP contribution in [-0.4, -0.2) is 221 Å². The largest absolute Gasteiger partial charge is 0.394 e. The zero-order valence-corrected chi connectivity index (χ0v) is 23.5. The maximum absolute atomic E-state index is 10.7. The molecule has 0 amide bonds. The highest BCUT2D eigenvalue weighted by atomic mass is 16.8. The van der Waals surface area contributed by atoms with Crippen molar-refractivity contribution >= 4 is 0 Å². The molecule has 4 fully saturated rings. The summed E-state index contributed by atoms with van der Waals surface area (Å²) >= 11 is 0. The van der Waals surface area contributed by atoms with Crippen molar-refractivity contribution < 1.29 is 105 Å². The lowest BCUT2D eigenvalue weighted by Crippen LogP contribution is -2.63. The molecule has 0 bridgehead atoms. The number of rotatable bonds is 11. The van der Waals surface area contributed by atoms with Crippen molar-refractivity contribution in [2.45, 2.75) is 116 Å². The minimum atomic E-state index is -2.54. The average Bonchev–Trinajstić information content (AvgIpc) is 3.27. The maximum Gasteiger partial charge on any atom is 0.224 e. The molecule has 0 aromatic rings. The lowest BCUT2D eigenvalue weighted by atomic mass is 9.98. The monoisotopic (exact) mass is 666 g/mol. The van der Waals surface area contributed by atoms with Gasteiger partial charge in [-0.2, -0.15) is 0 Å². The molecular weight excluding hydrogens is 624 g/mol. The van der Waals surface area contributed by atoms with Gasteiger partial charge in [0.2, 0.25) is 5.79 Å². The van der Waals surface area contributed by atoms with E-state index in [2.05, 4.69) is 0 Å². The van der Waals surface area contributed by atoms with Crippen molar-refractivity contribution in [2.24, 2.45) is 0 Å². The van der Waals surface area contributed by atoms with Crippen LogP contribution >= 0.6 is 0 Å². The summed E-state index contributed by atoms with van der Waals surface area (Å²) in [5.74, 6) is -2.54. The predicted octanol–water partition coefficient (Wildman–Crippen LogP) is -9.75. The lowest BCUT2D eigenvalue weighted by Gasteiger charge is -2.44. The quantitative estimate of drug-likeness (QED) is 0.0973. The SMILES string of the molecule is OCC1OC(OCC2OC(OC3(CO)OC(COC4OC(CO)C(O)C(O)C4O)C(O)C3O)C(O)C(O)C2O)C(O)C(O)C1O. The third-order valence-corrected chi connectivity index (χ3v) is 8.26. The molecule has 0 spiro atoms. The van der Waals surface area contributed by atoms with Crippen molar-refractivity contribution in [3.8, 4) is 0 Å². The molecule has 45 heavy (non-hydrogen) atoms. The molecule has 4 rings (SSSR count). The Labute approximate surface area is 254 Å². The number of hydrogen-bond donors (Lipinski definition) is 14. The number of hydrogen-bond acceptors (Lipinski definition) is 21. The molecule has 19 atom stereocenters. The van der Waals surface area contributed by atoms with E-state index >= 15 is 0 Å². The van der Waals surface area contributed by atoms with E-state index in [-0.39, 0.29) is 0 Å². The van der Waals surface area contributed by atoms with Crippen molar-refractivity contribution in [3.05, 3.63) is 0 Å². The van der Waals surface area contributed by atoms with Gasteiger partial charge in [-0.05, 0) is 0 Å². The van der Waals surface area contributed by atoms with Crippen LogP contribution in [-0.2, 0) is 33.2 Å². The molecule has 264 valence electrons. The molecule has 4 saturated heterocycles. The van der Waals surface area contributed by atoms with E-state index in [1.54, 1.807) is 0 Å². The topological polar surface area (TPSA) is 348 Å². The van der Waals surface area contributed by atoms with Gasteiger partial charge in [-0.3, -0.25) is 0 Å². The summed E-state index contributed by atoms with van der Waals surface area (Å²) in [5, 5.41) is 142. The molecule has 0 saturated carbocycles. The molecule has 19 unspecified atom stereocenters. The van der Waals surface area contributed by atoms with Crippen molar-refractivity contribution in [2.75, 3.05) is 33.0 Å². The van der Waals surface area contributed by atoms with Crippen LogP contribution in [0.3, 0.4) is 0 Å². The summed E-state index contributed by atoms with van der Waals surface area (Å²) in [5.41, 5.74) is 0. The van der Waals surface area contributed by atoms with Gasteiger partial charge >= 0.3 is 0 Å². The van der Waals surface area contributed by atoms with E-state index in [4.69, 9.17) is 33.2 Å². The molecule has 21 nitrogen and oxygen atoms in total. The van der Waals surface area contributed by atoms with Gasteiger partial charge in [0.25, 0.3) is 0 Å². The van der Waals surface area contributed by atoms with Gasteiger partial charge in [0, 0.05) is 0 Å². The first-order chi connectivity index (χ1) is 21.2. The van der Waals surface area contributed by atoms with Crippen LogP contribution in [0.1, 0.15) is 0 Å². The summed E-state index contributed by atoms with van der Waals surface area (Å²) < 4.78 is 37.6. The zero-order chi connectivity index (χ0) is 33.4. The van der Waals surface area contributed by atoms with E-state index in [9.17, 15) is 71.5 Å². The minimum absolute atomic E-state index is 0.684. The molecular formula is C24H42O21. The van der Waals surface area contributed by atoms with E-state index in [0.29, 0.717) is 0 Å². The summed E-state index contributed by atoms with van der Waals surface area (Å²) in [6.07, 6.45) is -31.3. The van der Waals surface area contributed by atoms with Gasteiger partial charge < -0.3 is 105 Å². The second-order valence-corrected chi connectivity index (χ2v) is 11.3. The van der Waals surface area contributed by atoms with Crippen LogP contribution in [0.2, 0.25) is 0 Å². The highest BCUT2D eigenvalue weighted by Gasteiger charge is 2.59. The smallest absolute Gasteiger partial charge is 0.224 e. The van der Waals surface area contributed by atoms with Gasteiger partial charge in [-0.1, -0.05) is 0 Å². The molecule has 0 aliphatic carbocycles. The molecule has 0 radical (unpaired) electrons. The predicted molar refractivity (Wildman–Crippen MR) is 134 cm³/mol. The fourth-order valence-electron chi connectivity index (χ4n) is 5.40. The van der Waals surface area contributed by atoms with Crippen LogP contribution in [0, 0.1) is 0 Å². The fourth-order valence-corrected chi connectivity index (χ4v) is 5.40. The molecule has 21 heteroatoms. The van der Waals surface area contributed by atoms with Crippen LogP contribution in [0.15, 0.2) is 0 Å². The Kier molecular flexibility index (Phi) is 12.5. The maximum atomic E-state index is 10.7. The van der Waals surface area contributed by atoms with Crippen molar-refractivity contribution in [1.29, 1.82) is 0 Å².